The third-order valence-corrected chi connectivity index (χ3v) is 2.18. The van der Waals surface area contributed by atoms with Crippen LogP contribution in [0.1, 0.15) is 5.56 Å². The first-order valence-corrected chi connectivity index (χ1v) is 4.77. The first-order valence-electron chi connectivity index (χ1n) is 4.77. The molecule has 1 aromatic carbocycles. The molecule has 2 aromatic rings. The molecule has 0 aliphatic carbocycles. The van der Waals surface area contributed by atoms with Crippen molar-refractivity contribution >= 4 is 0 Å². The molecule has 1 heterocycles. The van der Waals surface area contributed by atoms with Gasteiger partial charge in [0.1, 0.15) is 0 Å². The SMILES string of the molecule is NCc1cnc(-c2cc(F)c(F)c(F)c2)nc1. The van der Waals surface area contributed by atoms with Crippen LogP contribution in [-0.4, -0.2) is 9.97 Å². The lowest BCUT2D eigenvalue weighted by Gasteiger charge is -2.02. The molecule has 17 heavy (non-hydrogen) atoms. The van der Waals surface area contributed by atoms with Crippen molar-refractivity contribution in [2.45, 2.75) is 6.54 Å². The average molecular weight is 239 g/mol. The maximum Gasteiger partial charge on any atom is 0.194 e. The van der Waals surface area contributed by atoms with Gasteiger partial charge in [-0.15, -0.1) is 0 Å². The monoisotopic (exact) mass is 239 g/mol. The molecule has 0 fully saturated rings. The van der Waals surface area contributed by atoms with Gasteiger partial charge in [-0.3, -0.25) is 0 Å². The van der Waals surface area contributed by atoms with Gasteiger partial charge in [0, 0.05) is 30.1 Å². The number of hydrogen-bond acceptors (Lipinski definition) is 3. The molecule has 0 atom stereocenters. The predicted octanol–water partition coefficient (Wildman–Crippen LogP) is 2.02. The standard InChI is InChI=1S/C11H8F3N3/c12-8-1-7(2-9(13)10(8)14)11-16-4-6(3-15)5-17-11/h1-2,4-5H,3,15H2. The molecule has 0 saturated heterocycles. The zero-order valence-corrected chi connectivity index (χ0v) is 8.62. The zero-order chi connectivity index (χ0) is 12.4. The zero-order valence-electron chi connectivity index (χ0n) is 8.62. The van der Waals surface area contributed by atoms with Crippen LogP contribution in [0.3, 0.4) is 0 Å². The van der Waals surface area contributed by atoms with Crippen molar-refractivity contribution in [1.82, 2.24) is 9.97 Å². The van der Waals surface area contributed by atoms with E-state index in [0.717, 1.165) is 12.1 Å². The van der Waals surface area contributed by atoms with Crippen LogP contribution in [0.25, 0.3) is 11.4 Å². The molecule has 1 aromatic heterocycles. The molecule has 2 N–H and O–H groups in total. The number of nitrogens with two attached hydrogens (primary N) is 1. The smallest absolute Gasteiger partial charge is 0.194 e. The second-order valence-electron chi connectivity index (χ2n) is 3.37. The van der Waals surface area contributed by atoms with Crippen LogP contribution >= 0.6 is 0 Å². The van der Waals surface area contributed by atoms with Crippen molar-refractivity contribution in [3.05, 3.63) is 47.5 Å². The lowest BCUT2D eigenvalue weighted by molar-refractivity contribution is 0.447. The molecule has 0 amide bonds. The summed E-state index contributed by atoms with van der Waals surface area (Å²) in [6.07, 6.45) is 2.89. The summed E-state index contributed by atoms with van der Waals surface area (Å²) in [4.78, 5) is 7.77. The van der Waals surface area contributed by atoms with Crippen LogP contribution < -0.4 is 5.73 Å². The minimum absolute atomic E-state index is 0.0740. The number of hydrogen-bond donors (Lipinski definition) is 1. The van der Waals surface area contributed by atoms with Crippen molar-refractivity contribution in [3.8, 4) is 11.4 Å². The molecule has 2 rings (SSSR count). The fourth-order valence-electron chi connectivity index (χ4n) is 1.29. The topological polar surface area (TPSA) is 51.8 Å². The summed E-state index contributed by atoms with van der Waals surface area (Å²) < 4.78 is 38.7. The average Bonchev–Trinajstić information content (AvgIpc) is 2.35. The molecule has 0 aliphatic heterocycles. The van der Waals surface area contributed by atoms with Gasteiger partial charge >= 0.3 is 0 Å². The highest BCUT2D eigenvalue weighted by molar-refractivity contribution is 5.54. The van der Waals surface area contributed by atoms with Crippen LogP contribution in [0.15, 0.2) is 24.5 Å². The first kappa shape index (κ1) is 11.5. The van der Waals surface area contributed by atoms with Crippen molar-refractivity contribution < 1.29 is 13.2 Å². The van der Waals surface area contributed by atoms with Gasteiger partial charge in [0.15, 0.2) is 23.3 Å². The number of nitrogens with zero attached hydrogens (tertiary/aromatic N) is 2. The highest BCUT2D eigenvalue weighted by Gasteiger charge is 2.12. The van der Waals surface area contributed by atoms with E-state index in [2.05, 4.69) is 9.97 Å². The Hall–Kier alpha value is -1.95. The summed E-state index contributed by atoms with van der Waals surface area (Å²) in [6, 6.07) is 1.69. The Morgan fingerprint density at radius 3 is 2.00 bits per heavy atom. The summed E-state index contributed by atoms with van der Waals surface area (Å²) in [7, 11) is 0. The summed E-state index contributed by atoms with van der Waals surface area (Å²) in [5.74, 6) is -3.94. The van der Waals surface area contributed by atoms with Crippen LogP contribution in [0.5, 0.6) is 0 Å². The highest BCUT2D eigenvalue weighted by atomic mass is 19.2. The predicted molar refractivity (Wildman–Crippen MR) is 55.2 cm³/mol. The summed E-state index contributed by atoms with van der Waals surface area (Å²) in [5.41, 5.74) is 6.12. The van der Waals surface area contributed by atoms with Gasteiger partial charge in [-0.05, 0) is 12.1 Å². The molecule has 0 aliphatic rings. The molecule has 0 spiro atoms. The molecule has 0 bridgehead atoms. The molecule has 88 valence electrons. The molecule has 0 saturated carbocycles. The molecule has 0 unspecified atom stereocenters. The molecular formula is C11H8F3N3. The number of halogens is 3. The minimum Gasteiger partial charge on any atom is -0.326 e. The molecule has 6 heteroatoms. The van der Waals surface area contributed by atoms with Gasteiger partial charge in [-0.1, -0.05) is 0 Å². The summed E-state index contributed by atoms with van der Waals surface area (Å²) in [6.45, 7) is 0.270. The third kappa shape index (κ3) is 2.26. The molecule has 0 radical (unpaired) electrons. The maximum atomic E-state index is 13.0. The third-order valence-electron chi connectivity index (χ3n) is 2.18. The summed E-state index contributed by atoms with van der Waals surface area (Å²) >= 11 is 0. The fourth-order valence-corrected chi connectivity index (χ4v) is 1.29. The lowest BCUT2D eigenvalue weighted by Crippen LogP contribution is -2.00. The second kappa shape index (κ2) is 4.50. The highest BCUT2D eigenvalue weighted by Crippen LogP contribution is 2.20. The quantitative estimate of drug-likeness (QED) is 0.816. The Morgan fingerprint density at radius 2 is 1.53 bits per heavy atom. The number of rotatable bonds is 2. The Kier molecular flexibility index (Phi) is 3.06. The van der Waals surface area contributed by atoms with E-state index < -0.39 is 17.5 Å². The lowest BCUT2D eigenvalue weighted by atomic mass is 10.2. The van der Waals surface area contributed by atoms with Gasteiger partial charge in [-0.2, -0.15) is 0 Å². The second-order valence-corrected chi connectivity index (χ2v) is 3.37. The largest absolute Gasteiger partial charge is 0.326 e. The number of benzene rings is 1. The van der Waals surface area contributed by atoms with Crippen LogP contribution in [0, 0.1) is 17.5 Å². The van der Waals surface area contributed by atoms with E-state index in [1.165, 1.54) is 12.4 Å². The Bertz CT molecular complexity index is 517. The molecular weight excluding hydrogens is 231 g/mol. The van der Waals surface area contributed by atoms with Gasteiger partial charge in [0.2, 0.25) is 0 Å². The Morgan fingerprint density at radius 1 is 1.00 bits per heavy atom. The normalized spacial score (nSPS) is 10.6. The van der Waals surface area contributed by atoms with E-state index in [-0.39, 0.29) is 17.9 Å². The van der Waals surface area contributed by atoms with E-state index in [1.54, 1.807) is 0 Å². The van der Waals surface area contributed by atoms with Crippen molar-refractivity contribution in [2.24, 2.45) is 5.73 Å². The summed E-state index contributed by atoms with van der Waals surface area (Å²) in [5, 5.41) is 0. The van der Waals surface area contributed by atoms with E-state index in [9.17, 15) is 13.2 Å². The van der Waals surface area contributed by atoms with Crippen molar-refractivity contribution in [1.29, 1.82) is 0 Å². The van der Waals surface area contributed by atoms with E-state index >= 15 is 0 Å². The number of aromatic nitrogens is 2. The van der Waals surface area contributed by atoms with Crippen LogP contribution in [0.2, 0.25) is 0 Å². The van der Waals surface area contributed by atoms with Crippen LogP contribution in [0.4, 0.5) is 13.2 Å². The first-order chi connectivity index (χ1) is 8.11. The van der Waals surface area contributed by atoms with Gasteiger partial charge in [0.05, 0.1) is 0 Å². The molecule has 3 nitrogen and oxygen atoms in total. The van der Waals surface area contributed by atoms with Gasteiger partial charge < -0.3 is 5.73 Å². The Labute approximate surface area is 95.1 Å². The minimum atomic E-state index is -1.51. The van der Waals surface area contributed by atoms with Gasteiger partial charge in [0.25, 0.3) is 0 Å². The fraction of sp³-hybridized carbons (Fsp3) is 0.0909. The van der Waals surface area contributed by atoms with E-state index in [4.69, 9.17) is 5.73 Å². The van der Waals surface area contributed by atoms with Crippen LogP contribution in [-0.2, 0) is 6.54 Å². The van der Waals surface area contributed by atoms with E-state index in [0.29, 0.717) is 5.56 Å². The van der Waals surface area contributed by atoms with Crippen molar-refractivity contribution in [2.75, 3.05) is 0 Å². The maximum absolute atomic E-state index is 13.0. The van der Waals surface area contributed by atoms with E-state index in [1.807, 2.05) is 0 Å². The van der Waals surface area contributed by atoms with Crippen molar-refractivity contribution in [3.63, 3.8) is 0 Å². The van der Waals surface area contributed by atoms with Gasteiger partial charge in [-0.25, -0.2) is 23.1 Å². The Balaban J connectivity index is 2.45.